The first-order chi connectivity index (χ1) is 9.73. The van der Waals surface area contributed by atoms with Crippen molar-refractivity contribution in [1.82, 2.24) is 9.80 Å². The normalized spacial score (nSPS) is 26.2. The van der Waals surface area contributed by atoms with Crippen LogP contribution in [-0.2, 0) is 14.4 Å². The number of carboxylic acids is 1. The second-order valence-electron chi connectivity index (χ2n) is 6.93. The van der Waals surface area contributed by atoms with Crippen molar-refractivity contribution in [3.63, 3.8) is 0 Å². The zero-order chi connectivity index (χ0) is 15.8. The highest BCUT2D eigenvalue weighted by Crippen LogP contribution is 2.28. The molecule has 6 nitrogen and oxygen atoms in total. The fraction of sp³-hybridized carbons (Fsp3) is 0.800. The minimum Gasteiger partial charge on any atom is -0.480 e. The average molecular weight is 296 g/mol. The minimum atomic E-state index is -0.951. The maximum absolute atomic E-state index is 12.7. The van der Waals surface area contributed by atoms with Crippen LogP contribution < -0.4 is 0 Å². The number of hydrogen-bond acceptors (Lipinski definition) is 3. The van der Waals surface area contributed by atoms with Crippen molar-refractivity contribution >= 4 is 17.8 Å². The summed E-state index contributed by atoms with van der Waals surface area (Å²) >= 11 is 0. The van der Waals surface area contributed by atoms with Crippen LogP contribution in [0.3, 0.4) is 0 Å². The summed E-state index contributed by atoms with van der Waals surface area (Å²) in [5.41, 5.74) is -0.528. The first-order valence-corrected chi connectivity index (χ1v) is 7.58. The van der Waals surface area contributed by atoms with Crippen LogP contribution in [0.1, 0.15) is 46.5 Å². The molecule has 0 spiro atoms. The van der Waals surface area contributed by atoms with Gasteiger partial charge in [0.25, 0.3) is 0 Å². The number of likely N-dealkylation sites (tertiary alicyclic amines) is 2. The molecule has 21 heavy (non-hydrogen) atoms. The number of amides is 2. The molecule has 118 valence electrons. The van der Waals surface area contributed by atoms with Crippen LogP contribution in [0.5, 0.6) is 0 Å². The van der Waals surface area contributed by atoms with Crippen LogP contribution in [0.4, 0.5) is 0 Å². The fourth-order valence-corrected chi connectivity index (χ4v) is 3.18. The Morgan fingerprint density at radius 1 is 0.952 bits per heavy atom. The van der Waals surface area contributed by atoms with Crippen molar-refractivity contribution in [1.29, 1.82) is 0 Å². The largest absolute Gasteiger partial charge is 0.480 e. The zero-order valence-electron chi connectivity index (χ0n) is 13.0. The highest BCUT2D eigenvalue weighted by atomic mass is 16.4. The van der Waals surface area contributed by atoms with Crippen LogP contribution >= 0.6 is 0 Å². The second-order valence-corrected chi connectivity index (χ2v) is 6.93. The van der Waals surface area contributed by atoms with E-state index in [4.69, 9.17) is 0 Å². The summed E-state index contributed by atoms with van der Waals surface area (Å²) < 4.78 is 0. The Kier molecular flexibility index (Phi) is 4.25. The van der Waals surface area contributed by atoms with Gasteiger partial charge < -0.3 is 14.9 Å². The van der Waals surface area contributed by atoms with E-state index in [0.717, 1.165) is 6.42 Å². The molecule has 0 aromatic carbocycles. The van der Waals surface area contributed by atoms with Crippen LogP contribution in [-0.4, -0.2) is 57.9 Å². The van der Waals surface area contributed by atoms with E-state index in [1.807, 2.05) is 20.8 Å². The molecular weight excluding hydrogens is 272 g/mol. The van der Waals surface area contributed by atoms with Crippen LogP contribution in [0.15, 0.2) is 0 Å². The Balaban J connectivity index is 2.14. The van der Waals surface area contributed by atoms with Crippen LogP contribution in [0, 0.1) is 5.41 Å². The van der Waals surface area contributed by atoms with Gasteiger partial charge in [-0.3, -0.25) is 9.59 Å². The molecule has 0 radical (unpaired) electrons. The molecule has 6 heteroatoms. The van der Waals surface area contributed by atoms with E-state index in [1.54, 1.807) is 4.90 Å². The Morgan fingerprint density at radius 2 is 1.48 bits per heavy atom. The number of carboxylic acid groups (broad SMARTS) is 1. The quantitative estimate of drug-likeness (QED) is 0.827. The van der Waals surface area contributed by atoms with Crippen molar-refractivity contribution < 1.29 is 19.5 Å². The highest BCUT2D eigenvalue weighted by molar-refractivity contribution is 5.92. The van der Waals surface area contributed by atoms with Gasteiger partial charge in [-0.15, -0.1) is 0 Å². The molecule has 2 saturated heterocycles. The molecule has 1 N–H and O–H groups in total. The number of hydrogen-bond donors (Lipinski definition) is 1. The molecule has 2 atom stereocenters. The van der Waals surface area contributed by atoms with Crippen LogP contribution in [0.25, 0.3) is 0 Å². The summed E-state index contributed by atoms with van der Waals surface area (Å²) in [6.45, 7) is 6.57. The van der Waals surface area contributed by atoms with Crippen molar-refractivity contribution in [2.45, 2.75) is 58.5 Å². The highest BCUT2D eigenvalue weighted by Gasteiger charge is 2.43. The summed E-state index contributed by atoms with van der Waals surface area (Å²) in [4.78, 5) is 39.4. The van der Waals surface area contributed by atoms with E-state index in [9.17, 15) is 19.5 Å². The van der Waals surface area contributed by atoms with E-state index in [2.05, 4.69) is 0 Å². The molecular formula is C15H24N2O4. The third kappa shape index (κ3) is 3.04. The van der Waals surface area contributed by atoms with Gasteiger partial charge in [-0.2, -0.15) is 0 Å². The van der Waals surface area contributed by atoms with E-state index in [0.29, 0.717) is 32.4 Å². The summed E-state index contributed by atoms with van der Waals surface area (Å²) in [5.74, 6) is -1.19. The first-order valence-electron chi connectivity index (χ1n) is 7.58. The predicted octanol–water partition coefficient (Wildman–Crippen LogP) is 1.10. The average Bonchev–Trinajstić information content (AvgIpc) is 3.04. The van der Waals surface area contributed by atoms with E-state index < -0.39 is 23.5 Å². The smallest absolute Gasteiger partial charge is 0.326 e. The Labute approximate surface area is 125 Å². The third-order valence-corrected chi connectivity index (χ3v) is 4.26. The lowest BCUT2D eigenvalue weighted by molar-refractivity contribution is -0.153. The minimum absolute atomic E-state index is 0.0376. The molecule has 2 heterocycles. The second kappa shape index (κ2) is 5.66. The van der Waals surface area contributed by atoms with E-state index >= 15 is 0 Å². The summed E-state index contributed by atoms with van der Waals surface area (Å²) in [6, 6.07) is -1.22. The van der Waals surface area contributed by atoms with Gasteiger partial charge >= 0.3 is 5.97 Å². The zero-order valence-corrected chi connectivity index (χ0v) is 13.0. The third-order valence-electron chi connectivity index (χ3n) is 4.26. The summed E-state index contributed by atoms with van der Waals surface area (Å²) in [6.07, 6.45) is 2.64. The Morgan fingerprint density at radius 3 is 2.00 bits per heavy atom. The lowest BCUT2D eigenvalue weighted by Crippen LogP contribution is -2.52. The summed E-state index contributed by atoms with van der Waals surface area (Å²) in [5, 5.41) is 9.21. The standard InChI is InChI=1S/C15H24N2O4/c1-15(2,3)14(21)17-9-4-6-10(17)12(18)16-8-5-7-11(16)13(19)20/h10-11H,4-9H2,1-3H3,(H,19,20)/t10?,11-/m1/s1. The molecule has 0 saturated carbocycles. The maximum atomic E-state index is 12.7. The van der Waals surface area contributed by atoms with Crippen molar-refractivity contribution in [3.05, 3.63) is 0 Å². The topological polar surface area (TPSA) is 77.9 Å². The number of aliphatic carboxylic acids is 1. The van der Waals surface area contributed by atoms with Gasteiger partial charge in [0, 0.05) is 18.5 Å². The SMILES string of the molecule is CC(C)(C)C(=O)N1CCCC1C(=O)N1CCC[C@@H]1C(=O)O. The molecule has 2 aliphatic rings. The molecule has 2 fully saturated rings. The van der Waals surface area contributed by atoms with Gasteiger partial charge in [-0.25, -0.2) is 4.79 Å². The molecule has 1 unspecified atom stereocenters. The van der Waals surface area contributed by atoms with E-state index in [1.165, 1.54) is 4.90 Å². The number of nitrogens with zero attached hydrogens (tertiary/aromatic N) is 2. The summed E-state index contributed by atoms with van der Waals surface area (Å²) in [7, 11) is 0. The number of carbonyl (C=O) groups excluding carboxylic acids is 2. The molecule has 2 aliphatic heterocycles. The van der Waals surface area contributed by atoms with Crippen molar-refractivity contribution in [2.24, 2.45) is 5.41 Å². The molecule has 0 aliphatic carbocycles. The van der Waals surface area contributed by atoms with Gasteiger partial charge in [-0.1, -0.05) is 20.8 Å². The molecule has 0 aromatic heterocycles. The van der Waals surface area contributed by atoms with Gasteiger partial charge in [0.1, 0.15) is 12.1 Å². The Bertz CT molecular complexity index is 455. The molecule has 2 amide bonds. The molecule has 2 rings (SSSR count). The van der Waals surface area contributed by atoms with Gasteiger partial charge in [0.05, 0.1) is 0 Å². The lowest BCUT2D eigenvalue weighted by Gasteiger charge is -2.33. The van der Waals surface area contributed by atoms with Crippen molar-refractivity contribution in [3.8, 4) is 0 Å². The van der Waals surface area contributed by atoms with Gasteiger partial charge in [0.2, 0.25) is 11.8 Å². The fourth-order valence-electron chi connectivity index (χ4n) is 3.18. The monoisotopic (exact) mass is 296 g/mol. The lowest BCUT2D eigenvalue weighted by atomic mass is 9.94. The van der Waals surface area contributed by atoms with Gasteiger partial charge in [-0.05, 0) is 25.7 Å². The molecule has 0 bridgehead atoms. The van der Waals surface area contributed by atoms with Crippen molar-refractivity contribution in [2.75, 3.05) is 13.1 Å². The van der Waals surface area contributed by atoms with Crippen LogP contribution in [0.2, 0.25) is 0 Å². The first kappa shape index (κ1) is 15.8. The number of carbonyl (C=O) groups is 3. The Hall–Kier alpha value is -1.59. The predicted molar refractivity (Wildman–Crippen MR) is 76.6 cm³/mol. The molecule has 0 aromatic rings. The maximum Gasteiger partial charge on any atom is 0.326 e. The van der Waals surface area contributed by atoms with E-state index in [-0.39, 0.29) is 11.8 Å². The van der Waals surface area contributed by atoms with Gasteiger partial charge in [0.15, 0.2) is 0 Å². The number of rotatable bonds is 2.